The first-order valence-corrected chi connectivity index (χ1v) is 7.15. The summed E-state index contributed by atoms with van der Waals surface area (Å²) in [7, 11) is 0. The van der Waals surface area contributed by atoms with Crippen molar-refractivity contribution in [3.05, 3.63) is 35.9 Å². The molecule has 4 heteroatoms. The largest absolute Gasteiger partial charge is 0.333 e. The van der Waals surface area contributed by atoms with Crippen LogP contribution in [-0.4, -0.2) is 18.0 Å². The standard InChI is InChI=1S/C16H21N3O/c1-12(13-6-4-3-5-7-13)18-10-15(20)19-16(2,11-17)14-8-9-14/h3-7,12,14,18H,8-10H2,1-2H3,(H,19,20)/p+1/t12-,16-/m0/s1. The lowest BCUT2D eigenvalue weighted by Gasteiger charge is -2.22. The number of nitrogens with one attached hydrogen (secondary N) is 1. The second kappa shape index (κ2) is 6.06. The number of nitrogens with zero attached hydrogens (tertiary/aromatic N) is 1. The predicted molar refractivity (Wildman–Crippen MR) is 76.5 cm³/mol. The highest BCUT2D eigenvalue weighted by Gasteiger charge is 2.43. The molecule has 0 unspecified atom stereocenters. The molecular weight excluding hydrogens is 250 g/mol. The average molecular weight is 272 g/mol. The molecule has 1 aliphatic carbocycles. The maximum absolute atomic E-state index is 12.0. The third-order valence-electron chi connectivity index (χ3n) is 4.01. The first-order valence-electron chi connectivity index (χ1n) is 7.15. The molecule has 20 heavy (non-hydrogen) atoms. The molecule has 1 fully saturated rings. The van der Waals surface area contributed by atoms with Crippen molar-refractivity contribution in [1.29, 1.82) is 5.26 Å². The number of nitrogens with two attached hydrogens (primary N) is 1. The van der Waals surface area contributed by atoms with Crippen LogP contribution >= 0.6 is 0 Å². The van der Waals surface area contributed by atoms with Crippen LogP contribution in [0.1, 0.15) is 38.3 Å². The van der Waals surface area contributed by atoms with E-state index in [0.29, 0.717) is 12.5 Å². The summed E-state index contributed by atoms with van der Waals surface area (Å²) in [4.78, 5) is 12.0. The van der Waals surface area contributed by atoms with Gasteiger partial charge >= 0.3 is 0 Å². The van der Waals surface area contributed by atoms with Crippen LogP contribution in [0, 0.1) is 17.2 Å². The van der Waals surface area contributed by atoms with Gasteiger partial charge in [0.1, 0.15) is 11.6 Å². The van der Waals surface area contributed by atoms with Crippen LogP contribution in [0.15, 0.2) is 30.3 Å². The van der Waals surface area contributed by atoms with Gasteiger partial charge in [-0.2, -0.15) is 5.26 Å². The number of benzene rings is 1. The van der Waals surface area contributed by atoms with Crippen molar-refractivity contribution in [1.82, 2.24) is 5.32 Å². The molecule has 1 aromatic rings. The normalized spacial score (nSPS) is 18.6. The van der Waals surface area contributed by atoms with E-state index in [0.717, 1.165) is 12.8 Å². The first kappa shape index (κ1) is 14.5. The highest BCUT2D eigenvalue weighted by Crippen LogP contribution is 2.39. The van der Waals surface area contributed by atoms with Crippen LogP contribution < -0.4 is 10.6 Å². The molecule has 0 bridgehead atoms. The van der Waals surface area contributed by atoms with Gasteiger partial charge in [-0.15, -0.1) is 0 Å². The monoisotopic (exact) mass is 272 g/mol. The topological polar surface area (TPSA) is 69.5 Å². The van der Waals surface area contributed by atoms with Crippen molar-refractivity contribution in [2.24, 2.45) is 5.92 Å². The Balaban J connectivity index is 1.82. The van der Waals surface area contributed by atoms with E-state index in [1.165, 1.54) is 5.56 Å². The van der Waals surface area contributed by atoms with Crippen LogP contribution in [0.4, 0.5) is 0 Å². The number of nitriles is 1. The number of hydrogen-bond donors (Lipinski definition) is 2. The van der Waals surface area contributed by atoms with Crippen molar-refractivity contribution in [2.75, 3.05) is 6.54 Å². The zero-order chi connectivity index (χ0) is 14.6. The molecule has 4 nitrogen and oxygen atoms in total. The molecule has 1 amide bonds. The molecule has 0 aromatic heterocycles. The molecule has 106 valence electrons. The first-order chi connectivity index (χ1) is 9.55. The van der Waals surface area contributed by atoms with Gasteiger partial charge in [0.2, 0.25) is 0 Å². The van der Waals surface area contributed by atoms with Gasteiger partial charge in [0.05, 0.1) is 6.07 Å². The maximum Gasteiger partial charge on any atom is 0.276 e. The quantitative estimate of drug-likeness (QED) is 0.814. The van der Waals surface area contributed by atoms with Gasteiger partial charge in [-0.3, -0.25) is 4.79 Å². The Bertz CT molecular complexity index is 504. The predicted octanol–water partition coefficient (Wildman–Crippen LogP) is 1.12. The lowest BCUT2D eigenvalue weighted by Crippen LogP contribution is -2.87. The molecule has 0 saturated heterocycles. The van der Waals surface area contributed by atoms with Crippen molar-refractivity contribution in [3.63, 3.8) is 0 Å². The zero-order valence-corrected chi connectivity index (χ0v) is 12.1. The van der Waals surface area contributed by atoms with Crippen LogP contribution in [0.2, 0.25) is 0 Å². The fraction of sp³-hybridized carbons (Fsp3) is 0.500. The van der Waals surface area contributed by atoms with E-state index >= 15 is 0 Å². The zero-order valence-electron chi connectivity index (χ0n) is 12.1. The van der Waals surface area contributed by atoms with E-state index in [4.69, 9.17) is 0 Å². The second-order valence-electron chi connectivity index (χ2n) is 5.78. The number of rotatable bonds is 6. The van der Waals surface area contributed by atoms with Gasteiger partial charge in [0, 0.05) is 5.56 Å². The molecule has 0 heterocycles. The lowest BCUT2D eigenvalue weighted by molar-refractivity contribution is -0.682. The minimum atomic E-state index is -0.694. The van der Waals surface area contributed by atoms with Crippen molar-refractivity contribution >= 4 is 5.91 Å². The molecule has 2 rings (SSSR count). The van der Waals surface area contributed by atoms with Gasteiger partial charge in [-0.1, -0.05) is 30.3 Å². The highest BCUT2D eigenvalue weighted by molar-refractivity contribution is 5.78. The van der Waals surface area contributed by atoms with Crippen molar-refractivity contribution in [3.8, 4) is 6.07 Å². The number of hydrogen-bond acceptors (Lipinski definition) is 2. The van der Waals surface area contributed by atoms with Crippen molar-refractivity contribution < 1.29 is 10.1 Å². The summed E-state index contributed by atoms with van der Waals surface area (Å²) in [6, 6.07) is 12.6. The molecule has 1 saturated carbocycles. The van der Waals surface area contributed by atoms with E-state index in [2.05, 4.69) is 30.4 Å². The van der Waals surface area contributed by atoms with Crippen LogP contribution in [0.5, 0.6) is 0 Å². The molecule has 0 spiro atoms. The SMILES string of the molecule is C[C@H]([NH2+]CC(=O)N[C@@](C)(C#N)C1CC1)c1ccccc1. The number of carbonyl (C=O) groups excluding carboxylic acids is 1. The molecule has 0 radical (unpaired) electrons. The van der Waals surface area contributed by atoms with Gasteiger partial charge in [-0.05, 0) is 32.6 Å². The van der Waals surface area contributed by atoms with E-state index in [1.54, 1.807) is 0 Å². The maximum atomic E-state index is 12.0. The summed E-state index contributed by atoms with van der Waals surface area (Å²) >= 11 is 0. The minimum Gasteiger partial charge on any atom is -0.333 e. The van der Waals surface area contributed by atoms with Crippen LogP contribution in [-0.2, 0) is 4.79 Å². The Morgan fingerprint density at radius 2 is 2.15 bits per heavy atom. The summed E-state index contributed by atoms with van der Waals surface area (Å²) in [6.07, 6.45) is 2.07. The smallest absolute Gasteiger partial charge is 0.276 e. The van der Waals surface area contributed by atoms with E-state index in [1.807, 2.05) is 30.4 Å². The lowest BCUT2D eigenvalue weighted by atomic mass is 9.98. The summed E-state index contributed by atoms with van der Waals surface area (Å²) < 4.78 is 0. The molecule has 0 aliphatic heterocycles. The summed E-state index contributed by atoms with van der Waals surface area (Å²) in [5, 5.41) is 14.1. The molecule has 3 N–H and O–H groups in total. The Morgan fingerprint density at radius 3 is 2.70 bits per heavy atom. The van der Waals surface area contributed by atoms with Crippen LogP contribution in [0.3, 0.4) is 0 Å². The average Bonchev–Trinajstić information content (AvgIpc) is 3.30. The Morgan fingerprint density at radius 1 is 1.50 bits per heavy atom. The van der Waals surface area contributed by atoms with Gasteiger partial charge < -0.3 is 10.6 Å². The number of carbonyl (C=O) groups is 1. The highest BCUT2D eigenvalue weighted by atomic mass is 16.2. The molecule has 1 aliphatic rings. The Labute approximate surface area is 120 Å². The number of quaternary nitrogens is 1. The van der Waals surface area contributed by atoms with E-state index < -0.39 is 5.54 Å². The molecular formula is C16H22N3O+. The van der Waals surface area contributed by atoms with Gasteiger partial charge in [0.15, 0.2) is 6.54 Å². The van der Waals surface area contributed by atoms with Crippen molar-refractivity contribution in [2.45, 2.75) is 38.3 Å². The van der Waals surface area contributed by atoms with E-state index in [-0.39, 0.29) is 11.9 Å². The van der Waals surface area contributed by atoms with Crippen LogP contribution in [0.25, 0.3) is 0 Å². The number of amides is 1. The van der Waals surface area contributed by atoms with Gasteiger partial charge in [0.25, 0.3) is 5.91 Å². The summed E-state index contributed by atoms with van der Waals surface area (Å²) in [6.45, 7) is 4.25. The third kappa shape index (κ3) is 3.58. The fourth-order valence-electron chi connectivity index (χ4n) is 2.40. The van der Waals surface area contributed by atoms with E-state index in [9.17, 15) is 10.1 Å². The minimum absolute atomic E-state index is 0.0660. The second-order valence-corrected chi connectivity index (χ2v) is 5.78. The van der Waals surface area contributed by atoms with Gasteiger partial charge in [-0.25, -0.2) is 0 Å². The molecule has 2 atom stereocenters. The fourth-order valence-corrected chi connectivity index (χ4v) is 2.40. The third-order valence-corrected chi connectivity index (χ3v) is 4.01. The molecule has 1 aromatic carbocycles. The summed E-state index contributed by atoms with van der Waals surface area (Å²) in [5.74, 6) is 0.256. The Hall–Kier alpha value is -1.86. The summed E-state index contributed by atoms with van der Waals surface area (Å²) in [5.41, 5.74) is 0.506. The Kier molecular flexibility index (Phi) is 4.41.